The summed E-state index contributed by atoms with van der Waals surface area (Å²) < 4.78 is 39.0. The van der Waals surface area contributed by atoms with E-state index >= 15 is 0 Å². The van der Waals surface area contributed by atoms with Crippen molar-refractivity contribution in [1.82, 2.24) is 24.9 Å². The molecule has 0 aliphatic rings. The van der Waals surface area contributed by atoms with E-state index in [1.165, 1.54) is 24.4 Å². The summed E-state index contributed by atoms with van der Waals surface area (Å²) in [6.45, 7) is 3.72. The molecule has 0 fully saturated rings. The molecule has 0 aromatic carbocycles. The molecule has 29 heavy (non-hydrogen) atoms. The molecule has 0 bridgehead atoms. The lowest BCUT2D eigenvalue weighted by Gasteiger charge is -2.12. The molecule has 2 N–H and O–H groups in total. The number of anilines is 3. The molecule has 3 aromatic heterocycles. The van der Waals surface area contributed by atoms with Crippen LogP contribution in [0.2, 0.25) is 0 Å². The van der Waals surface area contributed by atoms with Gasteiger partial charge < -0.3 is 10.6 Å². The van der Waals surface area contributed by atoms with E-state index < -0.39 is 11.9 Å². The van der Waals surface area contributed by atoms with Crippen molar-refractivity contribution in [2.24, 2.45) is 0 Å². The predicted molar refractivity (Wildman–Crippen MR) is 99.1 cm³/mol. The number of pyridine rings is 2. The number of aromatic nitrogens is 5. The first-order valence-corrected chi connectivity index (χ1v) is 8.45. The quantitative estimate of drug-likeness (QED) is 0.665. The van der Waals surface area contributed by atoms with Gasteiger partial charge in [-0.15, -0.1) is 0 Å². The summed E-state index contributed by atoms with van der Waals surface area (Å²) >= 11 is 0. The molecule has 8 nitrogen and oxygen atoms in total. The van der Waals surface area contributed by atoms with Crippen LogP contribution in [0.25, 0.3) is 11.5 Å². The van der Waals surface area contributed by atoms with Gasteiger partial charge in [-0.3, -0.25) is 0 Å². The lowest BCUT2D eigenvalue weighted by Crippen LogP contribution is -2.15. The number of nitrogens with one attached hydrogen (secondary N) is 2. The Morgan fingerprint density at radius 3 is 2.48 bits per heavy atom. The molecular weight excluding hydrogens is 385 g/mol. The zero-order valence-electron chi connectivity index (χ0n) is 15.4. The normalized spacial score (nSPS) is 11.2. The van der Waals surface area contributed by atoms with Crippen molar-refractivity contribution >= 4 is 17.6 Å². The van der Waals surface area contributed by atoms with Crippen LogP contribution < -0.4 is 10.6 Å². The summed E-state index contributed by atoms with van der Waals surface area (Å²) in [6, 6.07) is 8.46. The lowest BCUT2D eigenvalue weighted by atomic mass is 10.3. The Bertz CT molecular complexity index is 1060. The van der Waals surface area contributed by atoms with E-state index in [2.05, 4.69) is 35.6 Å². The molecule has 0 atom stereocenters. The van der Waals surface area contributed by atoms with E-state index in [1.54, 1.807) is 6.07 Å². The van der Waals surface area contributed by atoms with E-state index in [0.717, 1.165) is 6.07 Å². The highest BCUT2D eigenvalue weighted by atomic mass is 19.4. The van der Waals surface area contributed by atoms with Gasteiger partial charge in [-0.05, 0) is 38.1 Å². The number of rotatable bonds is 5. The first-order valence-electron chi connectivity index (χ1n) is 8.45. The van der Waals surface area contributed by atoms with Crippen molar-refractivity contribution < 1.29 is 13.2 Å². The fourth-order valence-electron chi connectivity index (χ4n) is 2.28. The number of nitrogens with zero attached hydrogens (tertiary/aromatic N) is 6. The highest BCUT2D eigenvalue weighted by Gasteiger charge is 2.32. The Hall–Kier alpha value is -3.81. The Balaban J connectivity index is 2.03. The van der Waals surface area contributed by atoms with E-state index in [9.17, 15) is 13.2 Å². The maximum atomic E-state index is 13.0. The van der Waals surface area contributed by atoms with Crippen LogP contribution >= 0.6 is 0 Å². The molecule has 3 rings (SSSR count). The average Bonchev–Trinajstić information content (AvgIpc) is 2.67. The van der Waals surface area contributed by atoms with Gasteiger partial charge in [0.2, 0.25) is 11.9 Å². The van der Waals surface area contributed by atoms with E-state index in [0.29, 0.717) is 5.69 Å². The van der Waals surface area contributed by atoms with E-state index in [1.807, 2.05) is 19.9 Å². The minimum absolute atomic E-state index is 0.0290. The maximum Gasteiger partial charge on any atom is 0.433 e. The highest BCUT2D eigenvalue weighted by Crippen LogP contribution is 2.29. The van der Waals surface area contributed by atoms with E-state index in [4.69, 9.17) is 5.26 Å². The third kappa shape index (κ3) is 5.13. The van der Waals surface area contributed by atoms with Gasteiger partial charge in [0.05, 0.1) is 0 Å². The minimum Gasteiger partial charge on any atom is -0.352 e. The van der Waals surface area contributed by atoms with Crippen LogP contribution in [-0.2, 0) is 6.18 Å². The number of hydrogen-bond acceptors (Lipinski definition) is 8. The second-order valence-electron chi connectivity index (χ2n) is 6.18. The Morgan fingerprint density at radius 1 is 1.03 bits per heavy atom. The van der Waals surface area contributed by atoms with Crippen molar-refractivity contribution in [2.45, 2.75) is 26.1 Å². The molecule has 11 heteroatoms. The molecule has 0 radical (unpaired) electrons. The summed E-state index contributed by atoms with van der Waals surface area (Å²) in [5, 5.41) is 14.9. The topological polar surface area (TPSA) is 112 Å². The number of halogens is 3. The summed E-state index contributed by atoms with van der Waals surface area (Å²) in [5.74, 6) is 0.208. The molecule has 148 valence electrons. The van der Waals surface area contributed by atoms with Crippen LogP contribution in [0.3, 0.4) is 0 Å². The third-order valence-corrected chi connectivity index (χ3v) is 3.45. The van der Waals surface area contributed by atoms with Crippen LogP contribution in [-0.4, -0.2) is 31.0 Å². The molecule has 0 saturated carbocycles. The number of alkyl halides is 3. The van der Waals surface area contributed by atoms with Crippen LogP contribution in [0.4, 0.5) is 30.8 Å². The zero-order chi connectivity index (χ0) is 21.0. The average molecular weight is 400 g/mol. The van der Waals surface area contributed by atoms with Gasteiger partial charge in [0.15, 0.2) is 5.82 Å². The van der Waals surface area contributed by atoms with Crippen molar-refractivity contribution in [3.8, 4) is 17.6 Å². The minimum atomic E-state index is -4.59. The monoisotopic (exact) mass is 400 g/mol. The summed E-state index contributed by atoms with van der Waals surface area (Å²) in [5.41, 5.74) is -0.425. The Labute approximate surface area is 163 Å². The van der Waals surface area contributed by atoms with Crippen molar-refractivity contribution in [3.63, 3.8) is 0 Å². The summed E-state index contributed by atoms with van der Waals surface area (Å²) in [4.78, 5) is 20.1. The molecule has 0 aliphatic heterocycles. The molecular formula is C18H15F3N8. The fourth-order valence-corrected chi connectivity index (χ4v) is 2.28. The fraction of sp³-hybridized carbons (Fsp3) is 0.222. The van der Waals surface area contributed by atoms with Crippen LogP contribution in [0, 0.1) is 11.3 Å². The Morgan fingerprint density at radius 2 is 1.79 bits per heavy atom. The molecule has 0 spiro atoms. The first-order chi connectivity index (χ1) is 13.7. The van der Waals surface area contributed by atoms with Crippen LogP contribution in [0.5, 0.6) is 0 Å². The number of nitriles is 1. The molecule has 0 unspecified atom stereocenters. The zero-order valence-corrected chi connectivity index (χ0v) is 15.4. The van der Waals surface area contributed by atoms with Gasteiger partial charge in [-0.25, -0.2) is 9.97 Å². The van der Waals surface area contributed by atoms with E-state index in [-0.39, 0.29) is 35.2 Å². The molecule has 3 aromatic rings. The van der Waals surface area contributed by atoms with Gasteiger partial charge in [0, 0.05) is 17.9 Å². The standard InChI is InChI=1S/C18H15F3N8/c1-10(2)24-16-27-15(13-4-3-5-14(26-13)18(19,20)21)28-17(29-16)25-11-6-7-23-12(8-11)9-22/h3-8,10H,1-2H3,(H2,23,24,25,27,28,29). The molecule has 0 aliphatic carbocycles. The van der Waals surface area contributed by atoms with Gasteiger partial charge in [-0.1, -0.05) is 6.07 Å². The second-order valence-corrected chi connectivity index (χ2v) is 6.18. The largest absolute Gasteiger partial charge is 0.433 e. The predicted octanol–water partition coefficient (Wildman–Crippen LogP) is 3.78. The van der Waals surface area contributed by atoms with Gasteiger partial charge in [0.25, 0.3) is 0 Å². The maximum absolute atomic E-state index is 13.0. The SMILES string of the molecule is CC(C)Nc1nc(Nc2ccnc(C#N)c2)nc(-c2cccc(C(F)(F)F)n2)n1. The van der Waals surface area contributed by atoms with Gasteiger partial charge in [-0.2, -0.15) is 33.4 Å². The van der Waals surface area contributed by atoms with Gasteiger partial charge >= 0.3 is 6.18 Å². The second kappa shape index (κ2) is 8.05. The summed E-state index contributed by atoms with van der Waals surface area (Å²) in [7, 11) is 0. The first kappa shape index (κ1) is 19.9. The van der Waals surface area contributed by atoms with Gasteiger partial charge in [0.1, 0.15) is 23.2 Å². The molecule has 0 amide bonds. The number of hydrogen-bond donors (Lipinski definition) is 2. The molecule has 0 saturated heterocycles. The van der Waals surface area contributed by atoms with Crippen LogP contribution in [0.15, 0.2) is 36.5 Å². The molecule has 3 heterocycles. The Kier molecular flexibility index (Phi) is 5.54. The van der Waals surface area contributed by atoms with Crippen molar-refractivity contribution in [3.05, 3.63) is 47.9 Å². The van der Waals surface area contributed by atoms with Crippen molar-refractivity contribution in [2.75, 3.05) is 10.6 Å². The summed E-state index contributed by atoms with van der Waals surface area (Å²) in [6.07, 6.45) is -3.15. The lowest BCUT2D eigenvalue weighted by molar-refractivity contribution is -0.141. The highest BCUT2D eigenvalue weighted by molar-refractivity contribution is 5.59. The van der Waals surface area contributed by atoms with Crippen LogP contribution in [0.1, 0.15) is 25.2 Å². The van der Waals surface area contributed by atoms with Crippen molar-refractivity contribution in [1.29, 1.82) is 5.26 Å². The third-order valence-electron chi connectivity index (χ3n) is 3.45. The smallest absolute Gasteiger partial charge is 0.352 e.